The van der Waals surface area contributed by atoms with Crippen LogP contribution in [0.1, 0.15) is 31.7 Å². The minimum atomic E-state index is 0.358. The Labute approximate surface area is 109 Å². The smallest absolute Gasteiger partial charge is 0.0127 e. The van der Waals surface area contributed by atoms with E-state index in [0.29, 0.717) is 17.4 Å². The summed E-state index contributed by atoms with van der Waals surface area (Å²) in [7, 11) is 2.07. The Bertz CT molecular complexity index is 571. The van der Waals surface area contributed by atoms with Crippen molar-refractivity contribution in [3.63, 3.8) is 0 Å². The molecule has 0 spiro atoms. The summed E-state index contributed by atoms with van der Waals surface area (Å²) in [4.78, 5) is 0. The van der Waals surface area contributed by atoms with E-state index < -0.39 is 0 Å². The average molecular weight is 239 g/mol. The van der Waals surface area contributed by atoms with E-state index in [4.69, 9.17) is 0 Å². The highest BCUT2D eigenvalue weighted by molar-refractivity contribution is 5.83. The molecule has 1 nitrogen and oxygen atoms in total. The molecule has 2 unspecified atom stereocenters. The van der Waals surface area contributed by atoms with Gasteiger partial charge in [-0.15, -0.1) is 0 Å². The molecule has 1 N–H and O–H groups in total. The SMILES string of the molecule is CNC1CC(c2ccc3ccccc3c2)C1(C)C. The minimum absolute atomic E-state index is 0.358. The number of benzene rings is 2. The van der Waals surface area contributed by atoms with Gasteiger partial charge in [-0.2, -0.15) is 0 Å². The van der Waals surface area contributed by atoms with Gasteiger partial charge in [0.25, 0.3) is 0 Å². The summed E-state index contributed by atoms with van der Waals surface area (Å²) in [5.74, 6) is 0.680. The van der Waals surface area contributed by atoms with Gasteiger partial charge < -0.3 is 5.32 Å². The molecule has 0 saturated heterocycles. The Morgan fingerprint density at radius 1 is 1.06 bits per heavy atom. The first-order chi connectivity index (χ1) is 8.63. The molecule has 18 heavy (non-hydrogen) atoms. The molecule has 2 aromatic carbocycles. The van der Waals surface area contributed by atoms with Crippen molar-refractivity contribution < 1.29 is 0 Å². The second-order valence-corrected chi connectivity index (χ2v) is 6.06. The molecule has 0 aliphatic heterocycles. The Hall–Kier alpha value is -1.34. The van der Waals surface area contributed by atoms with Crippen LogP contribution < -0.4 is 5.32 Å². The average Bonchev–Trinajstić information content (AvgIpc) is 2.38. The lowest BCUT2D eigenvalue weighted by molar-refractivity contribution is 0.0752. The van der Waals surface area contributed by atoms with E-state index in [2.05, 4.69) is 68.7 Å². The standard InChI is InChI=1S/C17H21N/c1-17(2)15(11-16(17)18-3)14-9-8-12-6-4-5-7-13(12)10-14/h4-10,15-16,18H,11H2,1-3H3. The van der Waals surface area contributed by atoms with E-state index in [0.717, 1.165) is 0 Å². The molecule has 0 bridgehead atoms. The Kier molecular flexibility index (Phi) is 2.67. The van der Waals surface area contributed by atoms with Crippen LogP contribution in [0.15, 0.2) is 42.5 Å². The molecule has 1 heteroatoms. The maximum Gasteiger partial charge on any atom is 0.0127 e. The van der Waals surface area contributed by atoms with Gasteiger partial charge in [0.05, 0.1) is 0 Å². The monoisotopic (exact) mass is 239 g/mol. The highest BCUT2D eigenvalue weighted by Gasteiger charge is 2.47. The zero-order valence-electron chi connectivity index (χ0n) is 11.4. The molecule has 3 rings (SSSR count). The van der Waals surface area contributed by atoms with Crippen molar-refractivity contribution in [3.05, 3.63) is 48.0 Å². The first kappa shape index (κ1) is 11.7. The summed E-state index contributed by atoms with van der Waals surface area (Å²) in [6.07, 6.45) is 1.25. The van der Waals surface area contributed by atoms with Gasteiger partial charge in [0, 0.05) is 6.04 Å². The maximum absolute atomic E-state index is 3.43. The van der Waals surface area contributed by atoms with Gasteiger partial charge in [0.1, 0.15) is 0 Å². The third-order valence-electron chi connectivity index (χ3n) is 4.79. The topological polar surface area (TPSA) is 12.0 Å². The van der Waals surface area contributed by atoms with Gasteiger partial charge in [-0.3, -0.25) is 0 Å². The highest BCUT2D eigenvalue weighted by atomic mass is 14.9. The quantitative estimate of drug-likeness (QED) is 0.837. The van der Waals surface area contributed by atoms with Crippen molar-refractivity contribution in [1.82, 2.24) is 5.32 Å². The fraction of sp³-hybridized carbons (Fsp3) is 0.412. The molecular weight excluding hydrogens is 218 g/mol. The predicted octanol–water partition coefficient (Wildman–Crippen LogP) is 3.94. The molecule has 0 radical (unpaired) electrons. The van der Waals surface area contributed by atoms with Crippen LogP contribution in [-0.2, 0) is 0 Å². The third-order valence-corrected chi connectivity index (χ3v) is 4.79. The van der Waals surface area contributed by atoms with E-state index in [1.807, 2.05) is 0 Å². The molecule has 1 aliphatic carbocycles. The van der Waals surface area contributed by atoms with E-state index in [9.17, 15) is 0 Å². The fourth-order valence-electron chi connectivity index (χ4n) is 3.41. The van der Waals surface area contributed by atoms with Gasteiger partial charge in [-0.25, -0.2) is 0 Å². The first-order valence-electron chi connectivity index (χ1n) is 6.79. The number of fused-ring (bicyclic) bond motifs is 1. The molecule has 1 aliphatic rings. The lowest BCUT2D eigenvalue weighted by Crippen LogP contribution is -2.54. The summed E-state index contributed by atoms with van der Waals surface area (Å²) in [6, 6.07) is 16.2. The molecule has 1 saturated carbocycles. The molecule has 0 amide bonds. The van der Waals surface area contributed by atoms with Crippen molar-refractivity contribution in [2.24, 2.45) is 5.41 Å². The van der Waals surface area contributed by atoms with Crippen molar-refractivity contribution in [3.8, 4) is 0 Å². The van der Waals surface area contributed by atoms with Crippen LogP contribution in [0.3, 0.4) is 0 Å². The summed E-state index contributed by atoms with van der Waals surface area (Å²) in [5.41, 5.74) is 1.85. The van der Waals surface area contributed by atoms with Crippen LogP contribution in [0.25, 0.3) is 10.8 Å². The highest BCUT2D eigenvalue weighted by Crippen LogP contribution is 2.52. The van der Waals surface area contributed by atoms with E-state index in [-0.39, 0.29) is 0 Å². The fourth-order valence-corrected chi connectivity index (χ4v) is 3.41. The predicted molar refractivity (Wildman–Crippen MR) is 77.9 cm³/mol. The Balaban J connectivity index is 1.96. The maximum atomic E-state index is 3.43. The number of hydrogen-bond donors (Lipinski definition) is 1. The summed E-state index contributed by atoms with van der Waals surface area (Å²) in [6.45, 7) is 4.75. The molecule has 2 atom stereocenters. The molecule has 0 heterocycles. The molecule has 1 fully saturated rings. The second kappa shape index (κ2) is 4.10. The third kappa shape index (κ3) is 1.65. The summed E-state index contributed by atoms with van der Waals surface area (Å²) in [5, 5.41) is 6.13. The molecule has 2 aromatic rings. The zero-order valence-corrected chi connectivity index (χ0v) is 11.4. The molecule has 0 aromatic heterocycles. The lowest BCUT2D eigenvalue weighted by atomic mass is 9.56. The van der Waals surface area contributed by atoms with E-state index in [1.165, 1.54) is 22.8 Å². The largest absolute Gasteiger partial charge is 0.316 e. The van der Waals surface area contributed by atoms with E-state index in [1.54, 1.807) is 0 Å². The van der Waals surface area contributed by atoms with Gasteiger partial charge in [-0.1, -0.05) is 56.3 Å². The van der Waals surface area contributed by atoms with Gasteiger partial charge in [0.15, 0.2) is 0 Å². The van der Waals surface area contributed by atoms with Crippen LogP contribution in [0.2, 0.25) is 0 Å². The van der Waals surface area contributed by atoms with Crippen molar-refractivity contribution in [2.75, 3.05) is 7.05 Å². The second-order valence-electron chi connectivity index (χ2n) is 6.06. The Morgan fingerprint density at radius 3 is 2.44 bits per heavy atom. The number of rotatable bonds is 2. The number of nitrogens with one attached hydrogen (secondary N) is 1. The zero-order chi connectivity index (χ0) is 12.8. The summed E-state index contributed by atoms with van der Waals surface area (Å²) < 4.78 is 0. The number of hydrogen-bond acceptors (Lipinski definition) is 1. The first-order valence-corrected chi connectivity index (χ1v) is 6.79. The van der Waals surface area contributed by atoms with Crippen LogP contribution in [0.4, 0.5) is 0 Å². The van der Waals surface area contributed by atoms with Crippen LogP contribution in [-0.4, -0.2) is 13.1 Å². The molecular formula is C17H21N. The van der Waals surface area contributed by atoms with Gasteiger partial charge >= 0.3 is 0 Å². The van der Waals surface area contributed by atoms with Gasteiger partial charge in [-0.05, 0) is 41.1 Å². The van der Waals surface area contributed by atoms with Crippen LogP contribution in [0, 0.1) is 5.41 Å². The minimum Gasteiger partial charge on any atom is -0.316 e. The van der Waals surface area contributed by atoms with Gasteiger partial charge in [0.2, 0.25) is 0 Å². The summed E-state index contributed by atoms with van der Waals surface area (Å²) >= 11 is 0. The normalized spacial score (nSPS) is 25.9. The van der Waals surface area contributed by atoms with Crippen molar-refractivity contribution in [2.45, 2.75) is 32.2 Å². The molecule has 94 valence electrons. The van der Waals surface area contributed by atoms with E-state index >= 15 is 0 Å². The van der Waals surface area contributed by atoms with Crippen LogP contribution in [0.5, 0.6) is 0 Å². The van der Waals surface area contributed by atoms with Crippen molar-refractivity contribution in [1.29, 1.82) is 0 Å². The van der Waals surface area contributed by atoms with Crippen LogP contribution >= 0.6 is 0 Å². The van der Waals surface area contributed by atoms with Crippen molar-refractivity contribution >= 4 is 10.8 Å². The lowest BCUT2D eigenvalue weighted by Gasteiger charge is -2.52. The Morgan fingerprint density at radius 2 is 1.78 bits per heavy atom.